The first-order chi connectivity index (χ1) is 10.9. The van der Waals surface area contributed by atoms with Gasteiger partial charge >= 0.3 is 0 Å². The molecule has 0 fully saturated rings. The molecule has 2 rings (SSSR count). The van der Waals surface area contributed by atoms with Crippen LogP contribution in [0.4, 0.5) is 5.69 Å². The molecule has 2 aromatic rings. The van der Waals surface area contributed by atoms with Gasteiger partial charge in [0.15, 0.2) is 10.6 Å². The number of hydrogen-bond donors (Lipinski definition) is 1. The van der Waals surface area contributed by atoms with Gasteiger partial charge < -0.3 is 9.88 Å². The molecule has 1 heterocycles. The van der Waals surface area contributed by atoms with Gasteiger partial charge in [0.1, 0.15) is 0 Å². The average molecular weight is 331 g/mol. The summed E-state index contributed by atoms with van der Waals surface area (Å²) in [6.45, 7) is 8.36. The zero-order valence-corrected chi connectivity index (χ0v) is 14.7. The molecule has 0 aliphatic heterocycles. The van der Waals surface area contributed by atoms with Gasteiger partial charge in [-0.2, -0.15) is 0 Å². The number of ketones is 1. The highest BCUT2D eigenvalue weighted by atomic mass is 32.1. The van der Waals surface area contributed by atoms with E-state index in [0.29, 0.717) is 6.54 Å². The number of nitrogens with zero attached hydrogens (tertiary/aromatic N) is 2. The molecule has 122 valence electrons. The van der Waals surface area contributed by atoms with Crippen LogP contribution >= 0.6 is 11.3 Å². The number of thiazole rings is 1. The molecule has 0 spiro atoms. The molecule has 1 N–H and O–H groups in total. The Labute approximate surface area is 139 Å². The van der Waals surface area contributed by atoms with Crippen molar-refractivity contribution in [3.05, 3.63) is 45.2 Å². The van der Waals surface area contributed by atoms with Gasteiger partial charge in [0, 0.05) is 32.6 Å². The van der Waals surface area contributed by atoms with Crippen molar-refractivity contribution in [3.63, 3.8) is 0 Å². The van der Waals surface area contributed by atoms with Gasteiger partial charge in [0.2, 0.25) is 5.91 Å². The molecule has 1 aromatic carbocycles. The molecule has 0 aliphatic carbocycles. The summed E-state index contributed by atoms with van der Waals surface area (Å²) >= 11 is 1.42. The summed E-state index contributed by atoms with van der Waals surface area (Å²) in [5, 5.41) is 2.76. The number of Topliss-reactive ketones (excluding diaryl/α,β-unsaturated/α-hetero) is 1. The minimum absolute atomic E-state index is 0.0476. The van der Waals surface area contributed by atoms with Crippen LogP contribution in [0.3, 0.4) is 0 Å². The molecule has 6 heteroatoms. The minimum atomic E-state index is -0.0476. The van der Waals surface area contributed by atoms with E-state index in [2.05, 4.69) is 10.3 Å². The predicted octanol–water partition coefficient (Wildman–Crippen LogP) is 2.95. The Balaban J connectivity index is 2.33. The van der Waals surface area contributed by atoms with Crippen LogP contribution in [0.2, 0.25) is 0 Å². The van der Waals surface area contributed by atoms with Crippen LogP contribution in [-0.4, -0.2) is 16.3 Å². The van der Waals surface area contributed by atoms with Crippen LogP contribution in [0.15, 0.2) is 29.3 Å². The highest BCUT2D eigenvalue weighted by Gasteiger charge is 2.12. The monoisotopic (exact) mass is 331 g/mol. The second-order valence-electron chi connectivity index (χ2n) is 5.29. The van der Waals surface area contributed by atoms with E-state index in [1.54, 1.807) is 6.92 Å². The fourth-order valence-corrected chi connectivity index (χ4v) is 3.41. The van der Waals surface area contributed by atoms with Crippen LogP contribution in [0.1, 0.15) is 41.7 Å². The van der Waals surface area contributed by atoms with E-state index >= 15 is 0 Å². The Morgan fingerprint density at radius 2 is 1.87 bits per heavy atom. The van der Waals surface area contributed by atoms with Gasteiger partial charge in [0.05, 0.1) is 10.6 Å². The Morgan fingerprint density at radius 1 is 1.22 bits per heavy atom. The van der Waals surface area contributed by atoms with E-state index in [9.17, 15) is 9.59 Å². The lowest BCUT2D eigenvalue weighted by molar-refractivity contribution is -0.119. The molecule has 0 bridgehead atoms. The van der Waals surface area contributed by atoms with Crippen LogP contribution in [-0.2, 0) is 17.9 Å². The van der Waals surface area contributed by atoms with Crippen molar-refractivity contribution in [1.82, 2.24) is 9.88 Å². The lowest BCUT2D eigenvalue weighted by Crippen LogP contribution is -2.18. The number of hydrogen-bond acceptors (Lipinski definition) is 4. The summed E-state index contributed by atoms with van der Waals surface area (Å²) in [4.78, 5) is 28.9. The smallest absolute Gasteiger partial charge is 0.217 e. The van der Waals surface area contributed by atoms with Crippen molar-refractivity contribution in [2.24, 2.45) is 4.99 Å². The summed E-state index contributed by atoms with van der Waals surface area (Å²) in [6, 6.07) is 7.72. The number of rotatable bonds is 5. The maximum Gasteiger partial charge on any atom is 0.217 e. The maximum atomic E-state index is 11.7. The standard InChI is InChI=1S/C17H21N3O2S/c1-5-20-11(2)16(12(3)21)23-17(20)19-15-8-6-14(7-9-15)10-18-13(4)22/h6-9H,5,10H2,1-4H3,(H,18,22)/b19-17+. The van der Waals surface area contributed by atoms with Crippen molar-refractivity contribution in [3.8, 4) is 0 Å². The zero-order chi connectivity index (χ0) is 17.0. The fourth-order valence-electron chi connectivity index (χ4n) is 2.29. The second-order valence-corrected chi connectivity index (χ2v) is 6.27. The lowest BCUT2D eigenvalue weighted by Gasteiger charge is -2.03. The van der Waals surface area contributed by atoms with Crippen LogP contribution in [0, 0.1) is 6.92 Å². The highest BCUT2D eigenvalue weighted by Crippen LogP contribution is 2.16. The fraction of sp³-hybridized carbons (Fsp3) is 0.353. The Bertz CT molecular complexity index is 785. The third-order valence-electron chi connectivity index (χ3n) is 3.50. The SMILES string of the molecule is CCn1c(C)c(C(C)=O)s/c1=N/c1ccc(CNC(C)=O)cc1. The number of aromatic nitrogens is 1. The van der Waals surface area contributed by atoms with E-state index in [1.807, 2.05) is 42.7 Å². The molecule has 1 amide bonds. The second kappa shape index (κ2) is 7.37. The Hall–Kier alpha value is -2.21. The normalized spacial score (nSPS) is 11.6. The molecule has 23 heavy (non-hydrogen) atoms. The highest BCUT2D eigenvalue weighted by molar-refractivity contribution is 7.11. The van der Waals surface area contributed by atoms with Gasteiger partial charge in [-0.15, -0.1) is 0 Å². The van der Waals surface area contributed by atoms with Crippen molar-refractivity contribution in [2.45, 2.75) is 40.8 Å². The molecule has 0 saturated heterocycles. The molecule has 0 saturated carbocycles. The summed E-state index contributed by atoms with van der Waals surface area (Å²) in [6.07, 6.45) is 0. The van der Waals surface area contributed by atoms with Gasteiger partial charge in [-0.3, -0.25) is 9.59 Å². The van der Waals surface area contributed by atoms with Crippen molar-refractivity contribution in [1.29, 1.82) is 0 Å². The van der Waals surface area contributed by atoms with Crippen LogP contribution in [0.5, 0.6) is 0 Å². The maximum absolute atomic E-state index is 11.7. The first kappa shape index (κ1) is 17.1. The van der Waals surface area contributed by atoms with Gasteiger partial charge in [-0.25, -0.2) is 4.99 Å². The summed E-state index contributed by atoms with van der Waals surface area (Å²) < 4.78 is 2.05. The largest absolute Gasteiger partial charge is 0.352 e. The third-order valence-corrected chi connectivity index (χ3v) is 4.78. The van der Waals surface area contributed by atoms with Crippen molar-refractivity contribution in [2.75, 3.05) is 0 Å². The summed E-state index contributed by atoms with van der Waals surface area (Å²) in [7, 11) is 0. The molecule has 0 unspecified atom stereocenters. The molecule has 0 aliphatic rings. The van der Waals surface area contributed by atoms with E-state index < -0.39 is 0 Å². The topological polar surface area (TPSA) is 63.5 Å². The van der Waals surface area contributed by atoms with Gasteiger partial charge in [-0.05, 0) is 31.5 Å². The van der Waals surface area contributed by atoms with Gasteiger partial charge in [-0.1, -0.05) is 23.5 Å². The van der Waals surface area contributed by atoms with Crippen LogP contribution in [0.25, 0.3) is 0 Å². The van der Waals surface area contributed by atoms with E-state index in [4.69, 9.17) is 0 Å². The Morgan fingerprint density at radius 3 is 2.39 bits per heavy atom. The lowest BCUT2D eigenvalue weighted by atomic mass is 10.2. The van der Waals surface area contributed by atoms with E-state index in [-0.39, 0.29) is 11.7 Å². The van der Waals surface area contributed by atoms with Gasteiger partial charge in [0.25, 0.3) is 0 Å². The number of amides is 1. The quantitative estimate of drug-likeness (QED) is 0.856. The Kier molecular flexibility index (Phi) is 5.50. The molecular weight excluding hydrogens is 310 g/mol. The average Bonchev–Trinajstić information content (AvgIpc) is 2.82. The first-order valence-electron chi connectivity index (χ1n) is 7.51. The first-order valence-corrected chi connectivity index (χ1v) is 8.33. The number of benzene rings is 1. The molecular formula is C17H21N3O2S. The minimum Gasteiger partial charge on any atom is -0.352 e. The molecule has 0 radical (unpaired) electrons. The molecule has 5 nitrogen and oxygen atoms in total. The summed E-state index contributed by atoms with van der Waals surface area (Å²) in [5.74, 6) is 0.0235. The van der Waals surface area contributed by atoms with E-state index in [1.165, 1.54) is 18.3 Å². The van der Waals surface area contributed by atoms with E-state index in [0.717, 1.165) is 33.2 Å². The predicted molar refractivity (Wildman–Crippen MR) is 91.9 cm³/mol. The number of carbonyl (C=O) groups excluding carboxylic acids is 2. The van der Waals surface area contributed by atoms with Crippen molar-refractivity contribution >= 4 is 28.7 Å². The number of carbonyl (C=O) groups is 2. The molecule has 1 aromatic heterocycles. The van der Waals surface area contributed by atoms with Crippen molar-refractivity contribution < 1.29 is 9.59 Å². The third kappa shape index (κ3) is 4.16. The number of nitrogens with one attached hydrogen (secondary N) is 1. The summed E-state index contributed by atoms with van der Waals surface area (Å²) in [5.41, 5.74) is 2.82. The van der Waals surface area contributed by atoms with Crippen LogP contribution < -0.4 is 10.1 Å². The molecule has 0 atom stereocenters. The zero-order valence-electron chi connectivity index (χ0n) is 13.8.